The third-order valence-corrected chi connectivity index (χ3v) is 3.25. The van der Waals surface area contributed by atoms with E-state index in [9.17, 15) is 0 Å². The van der Waals surface area contributed by atoms with Crippen LogP contribution in [0.15, 0.2) is 0 Å². The molecular formula is C14H30OS. The maximum atomic E-state index is 5.56. The Bertz CT molecular complexity index is 128. The SMILES string of the molecule is CCCCCCCCC(S)COCCCC. The standard InChI is InChI=1S/C14H30OS/c1-3-5-7-8-9-10-11-14(16)13-15-12-6-4-2/h14,16H,3-13H2,1-2H3. The average molecular weight is 246 g/mol. The molecule has 0 aromatic heterocycles. The first-order valence-corrected chi connectivity index (χ1v) is 7.58. The maximum Gasteiger partial charge on any atom is 0.0582 e. The molecule has 0 aromatic carbocycles. The molecule has 0 aromatic rings. The summed E-state index contributed by atoms with van der Waals surface area (Å²) in [6, 6.07) is 0. The molecule has 2 heteroatoms. The Labute approximate surface area is 108 Å². The van der Waals surface area contributed by atoms with Crippen molar-refractivity contribution in [1.29, 1.82) is 0 Å². The molecule has 0 aliphatic heterocycles. The molecule has 0 saturated heterocycles. The second-order valence-electron chi connectivity index (χ2n) is 4.64. The fraction of sp³-hybridized carbons (Fsp3) is 1.00. The molecule has 0 N–H and O–H groups in total. The van der Waals surface area contributed by atoms with Crippen molar-refractivity contribution in [1.82, 2.24) is 0 Å². The molecule has 0 spiro atoms. The van der Waals surface area contributed by atoms with Crippen LogP contribution < -0.4 is 0 Å². The molecule has 1 nitrogen and oxygen atoms in total. The molecule has 0 amide bonds. The molecule has 0 fully saturated rings. The minimum absolute atomic E-state index is 0.447. The van der Waals surface area contributed by atoms with Gasteiger partial charge in [0.2, 0.25) is 0 Å². The van der Waals surface area contributed by atoms with Crippen LogP contribution in [0.3, 0.4) is 0 Å². The van der Waals surface area contributed by atoms with Gasteiger partial charge in [0.25, 0.3) is 0 Å². The molecule has 0 bridgehead atoms. The topological polar surface area (TPSA) is 9.23 Å². The molecular weight excluding hydrogens is 216 g/mol. The van der Waals surface area contributed by atoms with E-state index >= 15 is 0 Å². The van der Waals surface area contributed by atoms with Gasteiger partial charge in [0.05, 0.1) is 6.61 Å². The van der Waals surface area contributed by atoms with E-state index in [0.717, 1.165) is 13.2 Å². The Kier molecular flexibility index (Phi) is 13.6. The van der Waals surface area contributed by atoms with Crippen molar-refractivity contribution in [2.45, 2.75) is 76.9 Å². The van der Waals surface area contributed by atoms with Crippen molar-refractivity contribution in [3.8, 4) is 0 Å². The van der Waals surface area contributed by atoms with E-state index in [4.69, 9.17) is 4.74 Å². The minimum Gasteiger partial charge on any atom is -0.380 e. The lowest BCUT2D eigenvalue weighted by atomic mass is 10.1. The normalized spacial score (nSPS) is 12.9. The van der Waals surface area contributed by atoms with Gasteiger partial charge in [-0.2, -0.15) is 12.6 Å². The fourth-order valence-corrected chi connectivity index (χ4v) is 2.00. The van der Waals surface area contributed by atoms with E-state index in [1.165, 1.54) is 57.8 Å². The van der Waals surface area contributed by atoms with Crippen LogP contribution in [0.25, 0.3) is 0 Å². The summed E-state index contributed by atoms with van der Waals surface area (Å²) in [5.74, 6) is 0. The van der Waals surface area contributed by atoms with Crippen LogP contribution in [0.1, 0.15) is 71.6 Å². The zero-order valence-electron chi connectivity index (χ0n) is 11.2. The summed E-state index contributed by atoms with van der Waals surface area (Å²) in [4.78, 5) is 0. The van der Waals surface area contributed by atoms with Gasteiger partial charge < -0.3 is 4.74 Å². The van der Waals surface area contributed by atoms with Gasteiger partial charge >= 0.3 is 0 Å². The summed E-state index contributed by atoms with van der Waals surface area (Å²) in [6.45, 7) is 6.19. The fourth-order valence-electron chi connectivity index (χ4n) is 1.71. The number of hydrogen-bond donors (Lipinski definition) is 1. The molecule has 0 saturated carbocycles. The summed E-state index contributed by atoms with van der Waals surface area (Å²) < 4.78 is 5.56. The lowest BCUT2D eigenvalue weighted by molar-refractivity contribution is 0.131. The lowest BCUT2D eigenvalue weighted by Crippen LogP contribution is -2.10. The number of rotatable bonds is 12. The van der Waals surface area contributed by atoms with Gasteiger partial charge in [-0.25, -0.2) is 0 Å². The van der Waals surface area contributed by atoms with Crippen molar-refractivity contribution in [2.24, 2.45) is 0 Å². The molecule has 0 rings (SSSR count). The summed E-state index contributed by atoms with van der Waals surface area (Å²) in [6.07, 6.45) is 11.8. The monoisotopic (exact) mass is 246 g/mol. The Morgan fingerprint density at radius 3 is 2.19 bits per heavy atom. The summed E-state index contributed by atoms with van der Waals surface area (Å²) in [5, 5.41) is 0.447. The van der Waals surface area contributed by atoms with Gasteiger partial charge in [-0.3, -0.25) is 0 Å². The Morgan fingerprint density at radius 1 is 0.875 bits per heavy atom. The van der Waals surface area contributed by atoms with Crippen LogP contribution in [0, 0.1) is 0 Å². The lowest BCUT2D eigenvalue weighted by Gasteiger charge is -2.10. The van der Waals surface area contributed by atoms with Gasteiger partial charge in [-0.1, -0.05) is 58.8 Å². The van der Waals surface area contributed by atoms with Crippen LogP contribution in [-0.2, 0) is 4.74 Å². The number of thiol groups is 1. The van der Waals surface area contributed by atoms with Gasteiger partial charge in [0, 0.05) is 11.9 Å². The Balaban J connectivity index is 3.08. The van der Waals surface area contributed by atoms with Crippen LogP contribution >= 0.6 is 12.6 Å². The molecule has 98 valence electrons. The molecule has 0 aliphatic carbocycles. The van der Waals surface area contributed by atoms with Crippen LogP contribution in [0.4, 0.5) is 0 Å². The summed E-state index contributed by atoms with van der Waals surface area (Å²) >= 11 is 4.55. The Hall–Kier alpha value is 0.310. The van der Waals surface area contributed by atoms with E-state index in [2.05, 4.69) is 26.5 Å². The molecule has 1 unspecified atom stereocenters. The van der Waals surface area contributed by atoms with Crippen molar-refractivity contribution < 1.29 is 4.74 Å². The quantitative estimate of drug-likeness (QED) is 0.382. The summed E-state index contributed by atoms with van der Waals surface area (Å²) in [5.41, 5.74) is 0. The highest BCUT2D eigenvalue weighted by atomic mass is 32.1. The molecule has 1 atom stereocenters. The third kappa shape index (κ3) is 12.4. The minimum atomic E-state index is 0.447. The zero-order valence-corrected chi connectivity index (χ0v) is 12.1. The van der Waals surface area contributed by atoms with Gasteiger partial charge in [-0.15, -0.1) is 0 Å². The van der Waals surface area contributed by atoms with Crippen LogP contribution in [0.2, 0.25) is 0 Å². The Morgan fingerprint density at radius 2 is 1.50 bits per heavy atom. The first kappa shape index (κ1) is 16.3. The van der Waals surface area contributed by atoms with E-state index in [1.54, 1.807) is 0 Å². The maximum absolute atomic E-state index is 5.56. The summed E-state index contributed by atoms with van der Waals surface area (Å²) in [7, 11) is 0. The van der Waals surface area contributed by atoms with Crippen LogP contribution in [-0.4, -0.2) is 18.5 Å². The van der Waals surface area contributed by atoms with E-state index in [0.29, 0.717) is 5.25 Å². The predicted molar refractivity (Wildman–Crippen MR) is 76.5 cm³/mol. The highest BCUT2D eigenvalue weighted by molar-refractivity contribution is 7.81. The second-order valence-corrected chi connectivity index (χ2v) is 5.37. The largest absolute Gasteiger partial charge is 0.380 e. The smallest absolute Gasteiger partial charge is 0.0582 e. The molecule has 0 radical (unpaired) electrons. The van der Waals surface area contributed by atoms with Crippen LogP contribution in [0.5, 0.6) is 0 Å². The van der Waals surface area contributed by atoms with Gasteiger partial charge in [0.15, 0.2) is 0 Å². The van der Waals surface area contributed by atoms with Crippen molar-refractivity contribution in [3.63, 3.8) is 0 Å². The van der Waals surface area contributed by atoms with E-state index in [1.807, 2.05) is 0 Å². The first-order chi connectivity index (χ1) is 7.81. The van der Waals surface area contributed by atoms with Crippen molar-refractivity contribution in [2.75, 3.05) is 13.2 Å². The average Bonchev–Trinajstić information content (AvgIpc) is 2.29. The van der Waals surface area contributed by atoms with Gasteiger partial charge in [-0.05, 0) is 12.8 Å². The predicted octanol–water partition coefficient (Wildman–Crippen LogP) is 4.85. The first-order valence-electron chi connectivity index (χ1n) is 7.07. The molecule has 0 heterocycles. The number of unbranched alkanes of at least 4 members (excludes halogenated alkanes) is 6. The number of ether oxygens (including phenoxy) is 1. The third-order valence-electron chi connectivity index (χ3n) is 2.84. The second kappa shape index (κ2) is 13.4. The zero-order chi connectivity index (χ0) is 12.1. The van der Waals surface area contributed by atoms with E-state index in [-0.39, 0.29) is 0 Å². The highest BCUT2D eigenvalue weighted by Gasteiger charge is 2.02. The number of hydrogen-bond acceptors (Lipinski definition) is 2. The molecule has 0 aliphatic rings. The highest BCUT2D eigenvalue weighted by Crippen LogP contribution is 2.11. The molecule has 16 heavy (non-hydrogen) atoms. The van der Waals surface area contributed by atoms with Gasteiger partial charge in [0.1, 0.15) is 0 Å². The van der Waals surface area contributed by atoms with Crippen molar-refractivity contribution >= 4 is 12.6 Å². The van der Waals surface area contributed by atoms with Crippen molar-refractivity contribution in [3.05, 3.63) is 0 Å². The van der Waals surface area contributed by atoms with E-state index < -0.39 is 0 Å².